The van der Waals surface area contributed by atoms with Crippen molar-refractivity contribution in [3.63, 3.8) is 0 Å². The van der Waals surface area contributed by atoms with E-state index < -0.39 is 74.1 Å². The number of rotatable bonds is 16. The lowest BCUT2D eigenvalue weighted by atomic mass is 10.2. The molecule has 43 heavy (non-hydrogen) atoms. The van der Waals surface area contributed by atoms with Crippen molar-refractivity contribution in [2.45, 2.75) is 129 Å². The average Bonchev–Trinajstić information content (AvgIpc) is 2.73. The maximum absolute atomic E-state index is 12.1. The van der Waals surface area contributed by atoms with E-state index in [9.17, 15) is 29.4 Å². The van der Waals surface area contributed by atoms with Gasteiger partial charge in [0.2, 0.25) is 0 Å². The van der Waals surface area contributed by atoms with Crippen molar-refractivity contribution in [2.24, 2.45) is 0 Å². The monoisotopic (exact) mass is 652 g/mol. The molecule has 0 bridgehead atoms. The van der Waals surface area contributed by atoms with Crippen molar-refractivity contribution in [1.82, 2.24) is 10.6 Å². The minimum absolute atomic E-state index is 0.198. The van der Waals surface area contributed by atoms with Gasteiger partial charge in [-0.1, -0.05) is 27.7 Å². The Balaban J connectivity index is 5.27. The molecule has 0 aliphatic heterocycles. The standard InChI is InChI=1S/C28H56N2O11Si2/c1-25(2,3)39-23(35)29-19(21(31)32)15-37-17-27(7,8)42(11,12)41-43(13,14)28(9,10)18-38-16-20(22(33)34)30-24(36)40-26(4,5)6/h19-20H,15-18H2,1-14H3,(H,29,35)(H,30,36)(H,31,32)(H,33,34)/t19-,20-/m0/s1. The normalized spacial score (nSPS) is 14.8. The summed E-state index contributed by atoms with van der Waals surface area (Å²) >= 11 is 0. The van der Waals surface area contributed by atoms with Crippen molar-refractivity contribution < 1.29 is 52.5 Å². The SMILES string of the molecule is CC(C)(C)OC(=O)N[C@@H](COCC(C)(C)[Si](C)(C)O[Si](C)(C)C(C)(C)COC[C@H](NC(=O)OC(C)(C)C)C(=O)O)C(=O)O. The van der Waals surface area contributed by atoms with E-state index >= 15 is 0 Å². The fraction of sp³-hybridized carbons (Fsp3) is 0.857. The molecular weight excluding hydrogens is 596 g/mol. The van der Waals surface area contributed by atoms with E-state index in [2.05, 4.69) is 36.8 Å². The van der Waals surface area contributed by atoms with Gasteiger partial charge in [-0.25, -0.2) is 19.2 Å². The molecule has 2 amide bonds. The highest BCUT2D eigenvalue weighted by molar-refractivity contribution is 6.87. The Bertz CT molecular complexity index is 895. The summed E-state index contributed by atoms with van der Waals surface area (Å²) in [5.41, 5.74) is -1.54. The Kier molecular flexibility index (Phi) is 14.4. The number of aliphatic carboxylic acids is 2. The lowest BCUT2D eigenvalue weighted by Crippen LogP contribution is -2.57. The lowest BCUT2D eigenvalue weighted by molar-refractivity contribution is -0.142. The van der Waals surface area contributed by atoms with Crippen molar-refractivity contribution in [3.8, 4) is 0 Å². The van der Waals surface area contributed by atoms with Gasteiger partial charge in [-0.05, 0) is 67.7 Å². The molecule has 0 spiro atoms. The van der Waals surface area contributed by atoms with Crippen molar-refractivity contribution in [2.75, 3.05) is 26.4 Å². The molecule has 4 N–H and O–H groups in total. The van der Waals surface area contributed by atoms with Crippen LogP contribution in [0.15, 0.2) is 0 Å². The number of amides is 2. The molecule has 0 heterocycles. The molecule has 0 saturated heterocycles. The molecule has 0 aliphatic rings. The molecule has 0 aromatic carbocycles. The van der Waals surface area contributed by atoms with Gasteiger partial charge in [0.15, 0.2) is 28.7 Å². The number of ether oxygens (including phenoxy) is 4. The van der Waals surface area contributed by atoms with Crippen LogP contribution in [-0.4, -0.2) is 101 Å². The lowest BCUT2D eigenvalue weighted by Gasteiger charge is -2.49. The molecule has 0 aromatic rings. The van der Waals surface area contributed by atoms with Gasteiger partial charge in [-0.15, -0.1) is 0 Å². The summed E-state index contributed by atoms with van der Waals surface area (Å²) in [5.74, 6) is -2.48. The van der Waals surface area contributed by atoms with Crippen LogP contribution in [0.4, 0.5) is 9.59 Å². The molecule has 0 aromatic heterocycles. The van der Waals surface area contributed by atoms with Crippen LogP contribution in [0.5, 0.6) is 0 Å². The second-order valence-corrected chi connectivity index (χ2v) is 24.6. The third-order valence-electron chi connectivity index (χ3n) is 7.24. The van der Waals surface area contributed by atoms with Crippen LogP contribution in [0.1, 0.15) is 69.2 Å². The zero-order chi connectivity index (χ0) is 34.2. The zero-order valence-corrected chi connectivity index (χ0v) is 30.6. The molecule has 0 rings (SSSR count). The molecule has 2 atom stereocenters. The fourth-order valence-corrected chi connectivity index (χ4v) is 11.6. The van der Waals surface area contributed by atoms with Crippen molar-refractivity contribution in [3.05, 3.63) is 0 Å². The predicted molar refractivity (Wildman–Crippen MR) is 167 cm³/mol. The molecule has 15 heteroatoms. The van der Waals surface area contributed by atoms with Crippen LogP contribution in [0.3, 0.4) is 0 Å². The first-order valence-corrected chi connectivity index (χ1v) is 20.1. The highest BCUT2D eigenvalue weighted by atomic mass is 28.4. The number of nitrogens with one attached hydrogen (secondary N) is 2. The van der Waals surface area contributed by atoms with Crippen molar-refractivity contribution in [1.29, 1.82) is 0 Å². The van der Waals surface area contributed by atoms with Gasteiger partial charge in [0.05, 0.1) is 26.4 Å². The largest absolute Gasteiger partial charge is 0.480 e. The maximum atomic E-state index is 12.1. The Hall–Kier alpha value is -2.21. The topological polar surface area (TPSA) is 179 Å². The van der Waals surface area contributed by atoms with E-state index in [1.54, 1.807) is 41.5 Å². The molecule has 0 radical (unpaired) electrons. The van der Waals surface area contributed by atoms with Gasteiger partial charge < -0.3 is 43.9 Å². The predicted octanol–water partition coefficient (Wildman–Crippen LogP) is 4.96. The second-order valence-electron chi connectivity index (χ2n) is 15.0. The minimum atomic E-state index is -2.51. The number of hydrogen-bond donors (Lipinski definition) is 4. The molecular formula is C28H56N2O11Si2. The third kappa shape index (κ3) is 14.9. The molecule has 0 aliphatic carbocycles. The summed E-state index contributed by atoms with van der Waals surface area (Å²) in [6.45, 7) is 26.3. The van der Waals surface area contributed by atoms with Gasteiger partial charge in [-0.2, -0.15) is 0 Å². The van der Waals surface area contributed by atoms with E-state index in [0.717, 1.165) is 0 Å². The smallest absolute Gasteiger partial charge is 0.408 e. The van der Waals surface area contributed by atoms with Crippen LogP contribution < -0.4 is 10.6 Å². The molecule has 0 unspecified atom stereocenters. The summed E-state index contributed by atoms with van der Waals surface area (Å²) in [4.78, 5) is 47.5. The van der Waals surface area contributed by atoms with Crippen LogP contribution in [0, 0.1) is 0 Å². The summed E-state index contributed by atoms with van der Waals surface area (Å²) < 4.78 is 28.8. The number of hydrogen-bond acceptors (Lipinski definition) is 9. The second kappa shape index (κ2) is 15.2. The number of carboxylic acids is 2. The Morgan fingerprint density at radius 1 is 0.605 bits per heavy atom. The summed E-state index contributed by atoms with van der Waals surface area (Å²) in [6, 6.07) is -2.56. The zero-order valence-electron chi connectivity index (χ0n) is 28.6. The van der Waals surface area contributed by atoms with Crippen molar-refractivity contribution >= 4 is 40.8 Å². The Morgan fingerprint density at radius 3 is 1.12 bits per heavy atom. The van der Waals surface area contributed by atoms with Crippen LogP contribution in [-0.2, 0) is 32.7 Å². The molecule has 13 nitrogen and oxygen atoms in total. The number of carbonyl (C=O) groups excluding carboxylic acids is 2. The first-order chi connectivity index (χ1) is 19.0. The van der Waals surface area contributed by atoms with E-state index in [-0.39, 0.29) is 26.4 Å². The van der Waals surface area contributed by atoms with Gasteiger partial charge >= 0.3 is 24.1 Å². The minimum Gasteiger partial charge on any atom is -0.480 e. The van der Waals surface area contributed by atoms with Crippen LogP contribution in [0.25, 0.3) is 0 Å². The fourth-order valence-electron chi connectivity index (χ4n) is 3.37. The van der Waals surface area contributed by atoms with Gasteiger partial charge in [0.25, 0.3) is 0 Å². The summed E-state index contributed by atoms with van der Waals surface area (Å²) in [5, 5.41) is 22.8. The van der Waals surface area contributed by atoms with E-state index in [1.165, 1.54) is 0 Å². The van der Waals surface area contributed by atoms with Crippen LogP contribution >= 0.6 is 0 Å². The number of carboxylic acid groups (broad SMARTS) is 2. The summed E-state index contributed by atoms with van der Waals surface area (Å²) in [7, 11) is -5.02. The first kappa shape index (κ1) is 40.8. The molecule has 0 fully saturated rings. The summed E-state index contributed by atoms with van der Waals surface area (Å²) in [6.07, 6.45) is -1.68. The first-order valence-electron chi connectivity index (χ1n) is 14.3. The highest BCUT2D eigenvalue weighted by Gasteiger charge is 2.50. The van der Waals surface area contributed by atoms with E-state index in [0.29, 0.717) is 0 Å². The number of carbonyl (C=O) groups is 4. The third-order valence-corrected chi connectivity index (χ3v) is 18.1. The molecule has 252 valence electrons. The highest BCUT2D eigenvalue weighted by Crippen LogP contribution is 2.45. The maximum Gasteiger partial charge on any atom is 0.408 e. The number of alkyl carbamates (subject to hydrolysis) is 2. The van der Waals surface area contributed by atoms with Gasteiger partial charge in [-0.3, -0.25) is 0 Å². The Morgan fingerprint density at radius 2 is 0.884 bits per heavy atom. The van der Waals surface area contributed by atoms with Gasteiger partial charge in [0, 0.05) is 10.1 Å². The van der Waals surface area contributed by atoms with E-state index in [1.807, 2.05) is 27.7 Å². The quantitative estimate of drug-likeness (QED) is 0.166. The average molecular weight is 653 g/mol. The van der Waals surface area contributed by atoms with E-state index in [4.69, 9.17) is 23.1 Å². The van der Waals surface area contributed by atoms with Crippen LogP contribution in [0.2, 0.25) is 36.3 Å². The van der Waals surface area contributed by atoms with Gasteiger partial charge in [0.1, 0.15) is 11.2 Å². The Labute approximate surface area is 259 Å². The molecule has 0 saturated carbocycles.